The highest BCUT2D eigenvalue weighted by Gasteiger charge is 2.45. The molecule has 1 atom stereocenters. The van der Waals surface area contributed by atoms with Crippen LogP contribution < -0.4 is 0 Å². The zero-order valence-corrected chi connectivity index (χ0v) is 8.88. The highest BCUT2D eigenvalue weighted by Crippen LogP contribution is 2.28. The highest BCUT2D eigenvalue weighted by molar-refractivity contribution is 6.31. The molecule has 1 rings (SSSR count). The number of rotatable bonds is 3. The summed E-state index contributed by atoms with van der Waals surface area (Å²) < 4.78 is 37.8. The lowest BCUT2D eigenvalue weighted by Crippen LogP contribution is -2.34. The molecule has 8 heteroatoms. The second-order valence-corrected chi connectivity index (χ2v) is 3.62. The summed E-state index contributed by atoms with van der Waals surface area (Å²) in [6.45, 7) is 0.731. The summed E-state index contributed by atoms with van der Waals surface area (Å²) in [5.74, 6) is -4.42. The molecule has 1 N–H and O–H groups in total. The number of carboxylic acids is 1. The van der Waals surface area contributed by atoms with Crippen molar-refractivity contribution < 1.29 is 23.1 Å². The van der Waals surface area contributed by atoms with Gasteiger partial charge in [-0.1, -0.05) is 11.6 Å². The van der Waals surface area contributed by atoms with Crippen LogP contribution >= 0.6 is 11.6 Å². The van der Waals surface area contributed by atoms with Crippen molar-refractivity contribution in [2.75, 3.05) is 0 Å². The van der Waals surface area contributed by atoms with Crippen molar-refractivity contribution in [3.8, 4) is 0 Å². The monoisotopic (exact) mass is 256 g/mol. The summed E-state index contributed by atoms with van der Waals surface area (Å²) in [6, 6.07) is 0. The van der Waals surface area contributed by atoms with Crippen LogP contribution in [0.2, 0.25) is 5.02 Å². The molecule has 1 aromatic heterocycles. The number of carbonyl (C=O) groups is 1. The van der Waals surface area contributed by atoms with E-state index < -0.39 is 24.6 Å². The number of hydrogen-bond donors (Lipinski definition) is 1. The fourth-order valence-electron chi connectivity index (χ4n) is 1.10. The van der Waals surface area contributed by atoms with Crippen LogP contribution in [0, 0.1) is 12.8 Å². The number of aromatic nitrogens is 2. The Balaban J connectivity index is 2.88. The molecule has 90 valence electrons. The first kappa shape index (κ1) is 12.8. The van der Waals surface area contributed by atoms with Crippen LogP contribution in [0.25, 0.3) is 0 Å². The molecule has 0 aliphatic carbocycles. The van der Waals surface area contributed by atoms with Gasteiger partial charge in [0.2, 0.25) is 0 Å². The van der Waals surface area contributed by atoms with Gasteiger partial charge < -0.3 is 5.11 Å². The number of hydrogen-bond acceptors (Lipinski definition) is 2. The Morgan fingerprint density at radius 3 is 2.56 bits per heavy atom. The van der Waals surface area contributed by atoms with E-state index in [1.54, 1.807) is 0 Å². The number of halogens is 4. The summed E-state index contributed by atoms with van der Waals surface area (Å²) in [6.07, 6.45) is -3.64. The van der Waals surface area contributed by atoms with E-state index in [9.17, 15) is 18.0 Å². The predicted octanol–water partition coefficient (Wildman–Crippen LogP) is 2.11. The lowest BCUT2D eigenvalue weighted by molar-refractivity contribution is -0.196. The van der Waals surface area contributed by atoms with Crippen molar-refractivity contribution in [3.63, 3.8) is 0 Å². The second-order valence-electron chi connectivity index (χ2n) is 3.22. The van der Waals surface area contributed by atoms with Gasteiger partial charge in [0, 0.05) is 6.20 Å². The molecule has 0 spiro atoms. The molecule has 1 heterocycles. The molecule has 0 bridgehead atoms. The zero-order valence-electron chi connectivity index (χ0n) is 8.12. The van der Waals surface area contributed by atoms with E-state index in [2.05, 4.69) is 5.10 Å². The van der Waals surface area contributed by atoms with Crippen molar-refractivity contribution >= 4 is 17.6 Å². The number of alkyl halides is 3. The summed E-state index contributed by atoms with van der Waals surface area (Å²) in [5, 5.41) is 12.3. The first-order chi connectivity index (χ1) is 7.21. The first-order valence-electron chi connectivity index (χ1n) is 4.21. The lowest BCUT2D eigenvalue weighted by Gasteiger charge is -2.15. The smallest absolute Gasteiger partial charge is 0.404 e. The summed E-state index contributed by atoms with van der Waals surface area (Å²) in [4.78, 5) is 10.4. The van der Waals surface area contributed by atoms with Crippen molar-refractivity contribution in [2.24, 2.45) is 5.92 Å². The van der Waals surface area contributed by atoms with Gasteiger partial charge in [0.25, 0.3) is 0 Å². The van der Waals surface area contributed by atoms with Gasteiger partial charge in [0.15, 0.2) is 5.92 Å². The summed E-state index contributed by atoms with van der Waals surface area (Å²) in [7, 11) is 0. The molecule has 0 aliphatic heterocycles. The third kappa shape index (κ3) is 2.88. The molecule has 0 saturated heterocycles. The maximum atomic E-state index is 12.3. The van der Waals surface area contributed by atoms with E-state index in [-0.39, 0.29) is 5.02 Å². The van der Waals surface area contributed by atoms with Gasteiger partial charge >= 0.3 is 12.1 Å². The van der Waals surface area contributed by atoms with Crippen molar-refractivity contribution in [3.05, 3.63) is 16.9 Å². The van der Waals surface area contributed by atoms with Crippen LogP contribution in [-0.4, -0.2) is 27.0 Å². The average molecular weight is 257 g/mol. The Morgan fingerprint density at radius 1 is 1.69 bits per heavy atom. The lowest BCUT2D eigenvalue weighted by atomic mass is 10.1. The number of aryl methyl sites for hydroxylation is 1. The Hall–Kier alpha value is -1.24. The second kappa shape index (κ2) is 4.32. The zero-order chi connectivity index (χ0) is 12.5. The quantitative estimate of drug-likeness (QED) is 0.901. The third-order valence-electron chi connectivity index (χ3n) is 1.95. The minimum Gasteiger partial charge on any atom is -0.481 e. The molecular formula is C8H8ClF3N2O2. The van der Waals surface area contributed by atoms with E-state index in [0.29, 0.717) is 5.69 Å². The first-order valence-corrected chi connectivity index (χ1v) is 4.58. The minimum atomic E-state index is -4.81. The molecule has 0 radical (unpaired) electrons. The van der Waals surface area contributed by atoms with Gasteiger partial charge in [-0.05, 0) is 6.92 Å². The van der Waals surface area contributed by atoms with Crippen LogP contribution in [-0.2, 0) is 11.3 Å². The fraction of sp³-hybridized carbons (Fsp3) is 0.500. The molecule has 0 saturated carbocycles. The van der Waals surface area contributed by atoms with Crippen LogP contribution in [0.4, 0.5) is 13.2 Å². The SMILES string of the molecule is Cc1nn(CC(C(=O)O)C(F)(F)F)cc1Cl. The maximum Gasteiger partial charge on any atom is 0.404 e. The molecule has 1 aromatic rings. The number of aliphatic carboxylic acids is 1. The van der Waals surface area contributed by atoms with E-state index in [4.69, 9.17) is 16.7 Å². The van der Waals surface area contributed by atoms with Gasteiger partial charge in [0.05, 0.1) is 17.3 Å². The largest absolute Gasteiger partial charge is 0.481 e. The molecule has 0 fully saturated rings. The molecule has 0 aromatic carbocycles. The minimum absolute atomic E-state index is 0.200. The van der Waals surface area contributed by atoms with Crippen LogP contribution in [0.3, 0.4) is 0 Å². The molecule has 4 nitrogen and oxygen atoms in total. The normalized spacial score (nSPS) is 13.8. The molecule has 0 aliphatic rings. The van der Waals surface area contributed by atoms with E-state index in [1.807, 2.05) is 0 Å². The molecule has 0 amide bonds. The molecule has 16 heavy (non-hydrogen) atoms. The van der Waals surface area contributed by atoms with E-state index in [1.165, 1.54) is 13.1 Å². The molecular weight excluding hydrogens is 249 g/mol. The van der Waals surface area contributed by atoms with Crippen molar-refractivity contribution in [1.82, 2.24) is 9.78 Å². The highest BCUT2D eigenvalue weighted by atomic mass is 35.5. The average Bonchev–Trinajstić information content (AvgIpc) is 2.40. The van der Waals surface area contributed by atoms with Gasteiger partial charge in [-0.25, -0.2) is 0 Å². The van der Waals surface area contributed by atoms with Gasteiger partial charge in [0.1, 0.15) is 0 Å². The fourth-order valence-corrected chi connectivity index (χ4v) is 1.25. The number of carboxylic acid groups (broad SMARTS) is 1. The maximum absolute atomic E-state index is 12.3. The summed E-state index contributed by atoms with van der Waals surface area (Å²) in [5.41, 5.74) is 0.355. The van der Waals surface area contributed by atoms with E-state index in [0.717, 1.165) is 4.68 Å². The van der Waals surface area contributed by atoms with Crippen molar-refractivity contribution in [2.45, 2.75) is 19.6 Å². The Bertz CT molecular complexity index is 383. The Labute approximate surface area is 93.6 Å². The van der Waals surface area contributed by atoms with Gasteiger partial charge in [-0.3, -0.25) is 9.48 Å². The third-order valence-corrected chi connectivity index (χ3v) is 2.32. The van der Waals surface area contributed by atoms with Crippen LogP contribution in [0.15, 0.2) is 6.20 Å². The van der Waals surface area contributed by atoms with Gasteiger partial charge in [-0.15, -0.1) is 0 Å². The predicted molar refractivity (Wildman–Crippen MR) is 49.2 cm³/mol. The Morgan fingerprint density at radius 2 is 2.25 bits per heavy atom. The van der Waals surface area contributed by atoms with E-state index >= 15 is 0 Å². The topological polar surface area (TPSA) is 55.1 Å². The summed E-state index contributed by atoms with van der Waals surface area (Å²) >= 11 is 5.59. The van der Waals surface area contributed by atoms with Crippen LogP contribution in [0.1, 0.15) is 5.69 Å². The Kier molecular flexibility index (Phi) is 3.47. The number of nitrogens with zero attached hydrogens (tertiary/aromatic N) is 2. The molecule has 1 unspecified atom stereocenters. The standard InChI is InChI=1S/C8H8ClF3N2O2/c1-4-6(9)3-14(13-4)2-5(7(15)16)8(10,11)12/h3,5H,2H2,1H3,(H,15,16). The van der Waals surface area contributed by atoms with Crippen LogP contribution in [0.5, 0.6) is 0 Å². The van der Waals surface area contributed by atoms with Crippen molar-refractivity contribution in [1.29, 1.82) is 0 Å². The van der Waals surface area contributed by atoms with Gasteiger partial charge in [-0.2, -0.15) is 18.3 Å².